The van der Waals surface area contributed by atoms with Crippen molar-refractivity contribution in [2.75, 3.05) is 37.5 Å². The minimum atomic E-state index is -3.07. The first-order chi connectivity index (χ1) is 9.74. The highest BCUT2D eigenvalue weighted by Gasteiger charge is 2.15. The molecular formula is C15H24N2O3S. The highest BCUT2D eigenvalue weighted by atomic mass is 32.2. The number of benzene rings is 1. The van der Waals surface area contributed by atoms with Gasteiger partial charge in [-0.1, -0.05) is 6.92 Å². The molecule has 0 aliphatic carbocycles. The van der Waals surface area contributed by atoms with Crippen molar-refractivity contribution in [2.45, 2.75) is 20.3 Å². The Morgan fingerprint density at radius 2 is 2.00 bits per heavy atom. The third kappa shape index (κ3) is 5.75. The summed E-state index contributed by atoms with van der Waals surface area (Å²) in [7, 11) is -1.44. The lowest BCUT2D eigenvalue weighted by Crippen LogP contribution is -2.31. The van der Waals surface area contributed by atoms with E-state index >= 15 is 0 Å². The SMILES string of the molecule is CCCNc1ccc(C(=O)N(C)CCS(C)(=O)=O)c(C)c1. The summed E-state index contributed by atoms with van der Waals surface area (Å²) in [6, 6.07) is 5.60. The van der Waals surface area contributed by atoms with Gasteiger partial charge in [0.15, 0.2) is 0 Å². The molecule has 0 saturated carbocycles. The van der Waals surface area contributed by atoms with E-state index < -0.39 is 9.84 Å². The topological polar surface area (TPSA) is 66.5 Å². The average Bonchev–Trinajstić information content (AvgIpc) is 2.41. The molecule has 0 aliphatic rings. The van der Waals surface area contributed by atoms with Gasteiger partial charge in [-0.15, -0.1) is 0 Å². The van der Waals surface area contributed by atoms with Crippen molar-refractivity contribution in [1.82, 2.24) is 4.90 Å². The van der Waals surface area contributed by atoms with Crippen molar-refractivity contribution in [3.8, 4) is 0 Å². The molecule has 0 radical (unpaired) electrons. The number of nitrogens with zero attached hydrogens (tertiary/aromatic N) is 1. The zero-order valence-corrected chi connectivity index (χ0v) is 14.0. The van der Waals surface area contributed by atoms with E-state index in [2.05, 4.69) is 12.2 Å². The van der Waals surface area contributed by atoms with Gasteiger partial charge in [-0.2, -0.15) is 0 Å². The second-order valence-corrected chi connectivity index (χ2v) is 7.57. The molecule has 1 N–H and O–H groups in total. The molecular weight excluding hydrogens is 288 g/mol. The molecule has 0 atom stereocenters. The lowest BCUT2D eigenvalue weighted by molar-refractivity contribution is 0.0803. The molecule has 21 heavy (non-hydrogen) atoms. The molecule has 0 unspecified atom stereocenters. The van der Waals surface area contributed by atoms with Gasteiger partial charge in [-0.3, -0.25) is 4.79 Å². The minimum absolute atomic E-state index is 0.0234. The molecule has 0 aromatic heterocycles. The van der Waals surface area contributed by atoms with Crippen molar-refractivity contribution in [3.63, 3.8) is 0 Å². The van der Waals surface area contributed by atoms with Gasteiger partial charge in [-0.25, -0.2) is 8.42 Å². The Bertz CT molecular complexity index is 597. The highest BCUT2D eigenvalue weighted by molar-refractivity contribution is 7.90. The summed E-state index contributed by atoms with van der Waals surface area (Å²) in [5.41, 5.74) is 2.48. The van der Waals surface area contributed by atoms with Gasteiger partial charge in [0, 0.05) is 37.6 Å². The molecule has 6 heteroatoms. The van der Waals surface area contributed by atoms with Gasteiger partial charge in [0.1, 0.15) is 9.84 Å². The maximum atomic E-state index is 12.3. The van der Waals surface area contributed by atoms with E-state index in [-0.39, 0.29) is 18.2 Å². The molecule has 0 saturated heterocycles. The van der Waals surface area contributed by atoms with Crippen LogP contribution < -0.4 is 5.32 Å². The first-order valence-corrected chi connectivity index (χ1v) is 9.08. The number of carbonyl (C=O) groups is 1. The van der Waals surface area contributed by atoms with E-state index in [9.17, 15) is 13.2 Å². The van der Waals surface area contributed by atoms with Gasteiger partial charge in [0.2, 0.25) is 0 Å². The summed E-state index contributed by atoms with van der Waals surface area (Å²) in [4.78, 5) is 13.8. The van der Waals surface area contributed by atoms with Crippen molar-refractivity contribution in [3.05, 3.63) is 29.3 Å². The fraction of sp³-hybridized carbons (Fsp3) is 0.533. The van der Waals surface area contributed by atoms with Crippen molar-refractivity contribution < 1.29 is 13.2 Å². The van der Waals surface area contributed by atoms with E-state index in [1.807, 2.05) is 19.1 Å². The van der Waals surface area contributed by atoms with Crippen LogP contribution in [0.25, 0.3) is 0 Å². The molecule has 1 aromatic carbocycles. The van der Waals surface area contributed by atoms with Gasteiger partial charge >= 0.3 is 0 Å². The van der Waals surface area contributed by atoms with Crippen LogP contribution in [0.1, 0.15) is 29.3 Å². The van der Waals surface area contributed by atoms with Crippen LogP contribution in [-0.2, 0) is 9.84 Å². The first kappa shape index (κ1) is 17.5. The number of sulfone groups is 1. The Labute approximate surface area is 127 Å². The number of hydrogen-bond donors (Lipinski definition) is 1. The lowest BCUT2D eigenvalue weighted by atomic mass is 10.1. The third-order valence-corrected chi connectivity index (χ3v) is 4.10. The molecule has 1 rings (SSSR count). The predicted octanol–water partition coefficient (Wildman–Crippen LogP) is 1.93. The number of anilines is 1. The zero-order valence-electron chi connectivity index (χ0n) is 13.1. The molecule has 0 fully saturated rings. The molecule has 0 spiro atoms. The Kier molecular flexibility index (Phi) is 6.20. The van der Waals surface area contributed by atoms with Crippen molar-refractivity contribution in [2.24, 2.45) is 0 Å². The van der Waals surface area contributed by atoms with Crippen LogP contribution in [0.3, 0.4) is 0 Å². The van der Waals surface area contributed by atoms with E-state index in [1.165, 1.54) is 11.2 Å². The number of aryl methyl sites for hydroxylation is 1. The molecule has 0 aliphatic heterocycles. The van der Waals surface area contributed by atoms with Crippen LogP contribution in [0.15, 0.2) is 18.2 Å². The minimum Gasteiger partial charge on any atom is -0.385 e. The first-order valence-electron chi connectivity index (χ1n) is 7.02. The smallest absolute Gasteiger partial charge is 0.253 e. The van der Waals surface area contributed by atoms with Gasteiger partial charge in [0.25, 0.3) is 5.91 Å². The summed E-state index contributed by atoms with van der Waals surface area (Å²) in [5, 5.41) is 3.27. The molecule has 1 amide bonds. The van der Waals surface area contributed by atoms with E-state index in [0.29, 0.717) is 5.56 Å². The van der Waals surface area contributed by atoms with Crippen LogP contribution >= 0.6 is 0 Å². The normalized spacial score (nSPS) is 11.2. The Hall–Kier alpha value is -1.56. The van der Waals surface area contributed by atoms with Crippen molar-refractivity contribution >= 4 is 21.4 Å². The van der Waals surface area contributed by atoms with Crippen LogP contribution in [-0.4, -0.2) is 51.4 Å². The van der Waals surface area contributed by atoms with Crippen LogP contribution in [0.2, 0.25) is 0 Å². The second kappa shape index (κ2) is 7.45. The monoisotopic (exact) mass is 312 g/mol. The Balaban J connectivity index is 2.78. The fourth-order valence-corrected chi connectivity index (χ4v) is 2.50. The van der Waals surface area contributed by atoms with E-state index in [0.717, 1.165) is 24.2 Å². The lowest BCUT2D eigenvalue weighted by Gasteiger charge is -2.18. The number of carbonyl (C=O) groups excluding carboxylic acids is 1. The largest absolute Gasteiger partial charge is 0.385 e. The van der Waals surface area contributed by atoms with Gasteiger partial charge < -0.3 is 10.2 Å². The van der Waals surface area contributed by atoms with E-state index in [1.54, 1.807) is 13.1 Å². The maximum absolute atomic E-state index is 12.3. The number of rotatable bonds is 7. The standard InChI is InChI=1S/C15H24N2O3S/c1-5-8-16-13-6-7-14(12(2)11-13)15(18)17(3)9-10-21(4,19)20/h6-7,11,16H,5,8-10H2,1-4H3. The summed E-state index contributed by atoms with van der Waals surface area (Å²) >= 11 is 0. The van der Waals surface area contributed by atoms with Crippen molar-refractivity contribution in [1.29, 1.82) is 0 Å². The fourth-order valence-electron chi connectivity index (χ4n) is 1.89. The maximum Gasteiger partial charge on any atom is 0.253 e. The van der Waals surface area contributed by atoms with E-state index in [4.69, 9.17) is 0 Å². The summed E-state index contributed by atoms with van der Waals surface area (Å²) in [6.07, 6.45) is 2.21. The van der Waals surface area contributed by atoms with Gasteiger partial charge in [-0.05, 0) is 37.1 Å². The number of nitrogens with one attached hydrogen (secondary N) is 1. The van der Waals surface area contributed by atoms with Gasteiger partial charge in [0.05, 0.1) is 5.75 Å². The summed E-state index contributed by atoms with van der Waals surface area (Å²) in [5.74, 6) is -0.178. The molecule has 1 aromatic rings. The van der Waals surface area contributed by atoms with Crippen LogP contribution in [0, 0.1) is 6.92 Å². The van der Waals surface area contributed by atoms with Crippen LogP contribution in [0.5, 0.6) is 0 Å². The summed E-state index contributed by atoms with van der Waals surface area (Å²) in [6.45, 7) is 5.07. The molecule has 0 heterocycles. The number of amides is 1. The van der Waals surface area contributed by atoms with Crippen LogP contribution in [0.4, 0.5) is 5.69 Å². The molecule has 0 bridgehead atoms. The second-order valence-electron chi connectivity index (χ2n) is 5.31. The zero-order chi connectivity index (χ0) is 16.0. The quantitative estimate of drug-likeness (QED) is 0.835. The third-order valence-electron chi connectivity index (χ3n) is 3.18. The number of hydrogen-bond acceptors (Lipinski definition) is 4. The Morgan fingerprint density at radius 3 is 2.52 bits per heavy atom. The average molecular weight is 312 g/mol. The molecule has 118 valence electrons. The highest BCUT2D eigenvalue weighted by Crippen LogP contribution is 2.16. The predicted molar refractivity (Wildman–Crippen MR) is 86.6 cm³/mol. The Morgan fingerprint density at radius 1 is 1.33 bits per heavy atom. The summed E-state index contributed by atoms with van der Waals surface area (Å²) < 4.78 is 22.3. The molecule has 5 nitrogen and oxygen atoms in total.